The summed E-state index contributed by atoms with van der Waals surface area (Å²) in [5, 5.41) is 14.2. The number of aliphatic hydroxyl groups excluding tert-OH is 1. The van der Waals surface area contributed by atoms with Crippen LogP contribution in [-0.2, 0) is 11.4 Å². The first kappa shape index (κ1) is 19.7. The van der Waals surface area contributed by atoms with Crippen LogP contribution in [0.4, 0.5) is 23.2 Å². The van der Waals surface area contributed by atoms with Crippen LogP contribution in [-0.4, -0.2) is 24.0 Å². The molecule has 0 heterocycles. The van der Waals surface area contributed by atoms with Gasteiger partial charge in [-0.05, 0) is 24.2 Å². The van der Waals surface area contributed by atoms with Crippen molar-refractivity contribution in [3.63, 3.8) is 0 Å². The molecule has 27 heavy (non-hydrogen) atoms. The molecule has 1 aromatic carbocycles. The van der Waals surface area contributed by atoms with Gasteiger partial charge in [-0.1, -0.05) is 13.8 Å². The normalized spacial score (nSPS) is 24.7. The second kappa shape index (κ2) is 6.82. The molecular weight excluding hydrogens is 364 g/mol. The van der Waals surface area contributed by atoms with E-state index in [0.29, 0.717) is 18.0 Å². The smallest absolute Gasteiger partial charge is 0.185 e. The number of hydrogen-bond acceptors (Lipinski definition) is 4. The molecule has 0 amide bonds. The molecule has 3 N–H and O–H groups in total. The van der Waals surface area contributed by atoms with Crippen molar-refractivity contribution in [3.05, 3.63) is 40.1 Å². The van der Waals surface area contributed by atoms with E-state index in [1.54, 1.807) is 6.92 Å². The number of hydrogen-bond donors (Lipinski definition) is 3. The Bertz CT molecular complexity index is 806. The third-order valence-electron chi connectivity index (χ3n) is 5.80. The number of carbonyl (C=O) groups is 1. The number of nitrogens with one attached hydrogen (secondary N) is 2. The van der Waals surface area contributed by atoms with Gasteiger partial charge in [0.05, 0.1) is 12.2 Å². The van der Waals surface area contributed by atoms with E-state index in [1.165, 1.54) is 0 Å². The summed E-state index contributed by atoms with van der Waals surface area (Å²) in [6, 6.07) is 0. The topological polar surface area (TPSA) is 61.4 Å². The fraction of sp³-hybridized carbons (Fsp3) is 0.526. The second-order valence-corrected chi connectivity index (χ2v) is 7.69. The lowest BCUT2D eigenvalue weighted by Gasteiger charge is -2.16. The Hall–Kier alpha value is -2.09. The van der Waals surface area contributed by atoms with Crippen LogP contribution < -0.4 is 10.6 Å². The summed E-state index contributed by atoms with van der Waals surface area (Å²) in [6.45, 7) is 5.04. The molecule has 0 unspecified atom stereocenters. The Morgan fingerprint density at radius 1 is 1.11 bits per heavy atom. The highest BCUT2D eigenvalue weighted by atomic mass is 19.2. The van der Waals surface area contributed by atoms with Crippen LogP contribution in [0.5, 0.6) is 0 Å². The Kier molecular flexibility index (Phi) is 4.96. The number of benzene rings is 1. The summed E-state index contributed by atoms with van der Waals surface area (Å²) < 4.78 is 55.1. The van der Waals surface area contributed by atoms with E-state index >= 15 is 0 Å². The summed E-state index contributed by atoms with van der Waals surface area (Å²) in [6.07, 6.45) is 0.538. The average molecular weight is 386 g/mol. The first-order valence-electron chi connectivity index (χ1n) is 8.80. The van der Waals surface area contributed by atoms with Gasteiger partial charge in [-0.2, -0.15) is 0 Å². The van der Waals surface area contributed by atoms with Gasteiger partial charge < -0.3 is 15.7 Å². The minimum Gasteiger partial charge on any atom is -0.391 e. The van der Waals surface area contributed by atoms with Gasteiger partial charge in [-0.25, -0.2) is 17.6 Å². The lowest BCUT2D eigenvalue weighted by atomic mass is 9.95. The number of rotatable bonds is 6. The standard InChI is InChI=1S/C19H22F4N2O2/c1-8(12-11(27)6-10-13(12)19(10,2)3)24-4-5-25-18-16(22)14(20)9(7-26)15(21)17(18)23/h10,13,24-26H,4-7H2,1-3H3/b12-8+/t10-,13-/m0/s1. The zero-order valence-electron chi connectivity index (χ0n) is 15.4. The summed E-state index contributed by atoms with van der Waals surface area (Å²) in [7, 11) is 0. The Morgan fingerprint density at radius 2 is 1.70 bits per heavy atom. The number of carbonyl (C=O) groups excluding carboxylic acids is 1. The van der Waals surface area contributed by atoms with Crippen LogP contribution in [0.25, 0.3) is 0 Å². The predicted octanol–water partition coefficient (Wildman–Crippen LogP) is 3.26. The van der Waals surface area contributed by atoms with E-state index in [4.69, 9.17) is 5.11 Å². The molecule has 2 aliphatic carbocycles. The molecule has 2 saturated carbocycles. The third kappa shape index (κ3) is 3.09. The van der Waals surface area contributed by atoms with Gasteiger partial charge in [-0.15, -0.1) is 0 Å². The maximum Gasteiger partial charge on any atom is 0.185 e. The molecule has 0 radical (unpaired) electrons. The largest absolute Gasteiger partial charge is 0.391 e. The highest BCUT2D eigenvalue weighted by Crippen LogP contribution is 2.68. The Balaban J connectivity index is 1.65. The molecule has 3 rings (SSSR count). The van der Waals surface area contributed by atoms with Crippen LogP contribution in [0.3, 0.4) is 0 Å². The number of halogens is 4. The third-order valence-corrected chi connectivity index (χ3v) is 5.80. The van der Waals surface area contributed by atoms with Gasteiger partial charge in [0.2, 0.25) is 0 Å². The van der Waals surface area contributed by atoms with Crippen molar-refractivity contribution in [2.24, 2.45) is 17.3 Å². The van der Waals surface area contributed by atoms with Crippen LogP contribution in [0.2, 0.25) is 0 Å². The molecular formula is C19H22F4N2O2. The van der Waals surface area contributed by atoms with Gasteiger partial charge in [0, 0.05) is 30.8 Å². The highest BCUT2D eigenvalue weighted by molar-refractivity contribution is 6.01. The first-order chi connectivity index (χ1) is 12.6. The van der Waals surface area contributed by atoms with Crippen molar-refractivity contribution in [1.29, 1.82) is 0 Å². The number of Topliss-reactive ketones (excluding diaryl/α,β-unsaturated/α-hetero) is 1. The fourth-order valence-corrected chi connectivity index (χ4v) is 4.13. The molecule has 0 saturated heterocycles. The number of aliphatic hydroxyl groups is 1. The van der Waals surface area contributed by atoms with E-state index < -0.39 is 41.1 Å². The highest BCUT2D eigenvalue weighted by Gasteiger charge is 2.65. The van der Waals surface area contributed by atoms with Crippen molar-refractivity contribution in [2.75, 3.05) is 18.4 Å². The van der Waals surface area contributed by atoms with Crippen molar-refractivity contribution in [2.45, 2.75) is 33.8 Å². The van der Waals surface area contributed by atoms with Crippen molar-refractivity contribution >= 4 is 11.5 Å². The van der Waals surface area contributed by atoms with Gasteiger partial charge in [0.15, 0.2) is 29.1 Å². The van der Waals surface area contributed by atoms with Gasteiger partial charge >= 0.3 is 0 Å². The summed E-state index contributed by atoms with van der Waals surface area (Å²) in [5.74, 6) is -5.69. The number of allylic oxidation sites excluding steroid dienone is 2. The molecule has 8 heteroatoms. The van der Waals surface area contributed by atoms with Crippen LogP contribution in [0, 0.1) is 40.5 Å². The van der Waals surface area contributed by atoms with Crippen molar-refractivity contribution in [1.82, 2.24) is 5.32 Å². The van der Waals surface area contributed by atoms with Crippen LogP contribution >= 0.6 is 0 Å². The number of fused-ring (bicyclic) bond motifs is 1. The van der Waals surface area contributed by atoms with Crippen molar-refractivity contribution in [3.8, 4) is 0 Å². The monoisotopic (exact) mass is 386 g/mol. The fourth-order valence-electron chi connectivity index (χ4n) is 4.13. The van der Waals surface area contributed by atoms with Gasteiger partial charge in [0.25, 0.3) is 0 Å². The summed E-state index contributed by atoms with van der Waals surface area (Å²) in [5.41, 5.74) is -0.369. The SMILES string of the molecule is C/C(NCCNc1c(F)c(F)c(CO)c(F)c1F)=C1/C(=O)C[C@H]2[C@@H]1C2(C)C. The molecule has 4 nitrogen and oxygen atoms in total. The quantitative estimate of drug-likeness (QED) is 0.304. The Morgan fingerprint density at radius 3 is 2.22 bits per heavy atom. The Labute approximate surface area is 154 Å². The molecule has 2 fully saturated rings. The van der Waals surface area contributed by atoms with Crippen molar-refractivity contribution < 1.29 is 27.5 Å². The maximum atomic E-state index is 13.9. The molecule has 0 aromatic heterocycles. The zero-order valence-corrected chi connectivity index (χ0v) is 15.4. The lowest BCUT2D eigenvalue weighted by molar-refractivity contribution is -0.115. The van der Waals surface area contributed by atoms with Gasteiger partial charge in [-0.3, -0.25) is 4.79 Å². The van der Waals surface area contributed by atoms with Crippen LogP contribution in [0.15, 0.2) is 11.3 Å². The number of anilines is 1. The summed E-state index contributed by atoms with van der Waals surface area (Å²) in [4.78, 5) is 12.1. The molecule has 2 atom stereocenters. The molecule has 0 aliphatic heterocycles. The van der Waals surface area contributed by atoms with E-state index in [2.05, 4.69) is 24.5 Å². The number of ketones is 1. The minimum atomic E-state index is -1.62. The lowest BCUT2D eigenvalue weighted by Crippen LogP contribution is -2.24. The molecule has 2 aliphatic rings. The summed E-state index contributed by atoms with van der Waals surface area (Å²) >= 11 is 0. The van der Waals surface area contributed by atoms with Crippen LogP contribution in [0.1, 0.15) is 32.8 Å². The van der Waals surface area contributed by atoms with Gasteiger partial charge in [0.1, 0.15) is 5.69 Å². The van der Waals surface area contributed by atoms with E-state index in [0.717, 1.165) is 5.57 Å². The molecule has 0 spiro atoms. The zero-order chi connectivity index (χ0) is 20.1. The average Bonchev–Trinajstić information content (AvgIpc) is 2.95. The predicted molar refractivity (Wildman–Crippen MR) is 91.8 cm³/mol. The van der Waals surface area contributed by atoms with E-state index in [-0.39, 0.29) is 30.2 Å². The molecule has 148 valence electrons. The molecule has 0 bridgehead atoms. The maximum absolute atomic E-state index is 13.9. The molecule has 1 aromatic rings. The van der Waals surface area contributed by atoms with E-state index in [1.807, 2.05) is 0 Å². The first-order valence-corrected chi connectivity index (χ1v) is 8.80. The second-order valence-electron chi connectivity index (χ2n) is 7.69. The van der Waals surface area contributed by atoms with E-state index in [9.17, 15) is 22.4 Å². The minimum absolute atomic E-state index is 0.0263.